The molecule has 0 aliphatic rings. The summed E-state index contributed by atoms with van der Waals surface area (Å²) in [5.74, 6) is -2.52. The number of carbonyl (C=O) groups excluding carboxylic acids is 5. The van der Waals surface area contributed by atoms with Gasteiger partial charge in [-0.3, -0.25) is 24.0 Å². The molecule has 1 aromatic heterocycles. The van der Waals surface area contributed by atoms with Crippen LogP contribution in [0.25, 0.3) is 10.9 Å². The molecule has 0 aliphatic heterocycles. The minimum absolute atomic E-state index is 0.107. The second kappa shape index (κ2) is 26.7. The maximum Gasteiger partial charge on any atom is 0.243 e. The van der Waals surface area contributed by atoms with Gasteiger partial charge in [-0.2, -0.15) is 0 Å². The number of fused-ring (bicyclic) bond motifs is 1. The number of hydrogen-bond acceptors (Lipinski definition) is 8. The van der Waals surface area contributed by atoms with Crippen molar-refractivity contribution in [3.8, 4) is 0 Å². The molecule has 0 fully saturated rings. The number of benzene rings is 1. The molecule has 0 bridgehead atoms. The maximum atomic E-state index is 14.0. The predicted octanol–water partition coefficient (Wildman–Crippen LogP) is 2.66. The Morgan fingerprint density at radius 3 is 1.68 bits per heavy atom. The molecule has 1 heterocycles. The summed E-state index contributed by atoms with van der Waals surface area (Å²) in [6.07, 6.45) is 14.4. The molecule has 53 heavy (non-hydrogen) atoms. The van der Waals surface area contributed by atoms with E-state index in [-0.39, 0.29) is 18.7 Å². The van der Waals surface area contributed by atoms with Crippen LogP contribution in [0.1, 0.15) is 122 Å². The Kier molecular flexibility index (Phi) is 22.8. The third kappa shape index (κ3) is 17.6. The second-order valence-electron chi connectivity index (χ2n) is 14.0. The number of amides is 5. The van der Waals surface area contributed by atoms with E-state index in [4.69, 9.17) is 22.9 Å². The smallest absolute Gasteiger partial charge is 0.243 e. The first-order valence-corrected chi connectivity index (χ1v) is 19.8. The van der Waals surface area contributed by atoms with Crippen molar-refractivity contribution < 1.29 is 24.0 Å². The van der Waals surface area contributed by atoms with Gasteiger partial charge in [0.15, 0.2) is 0 Å². The van der Waals surface area contributed by atoms with Crippen LogP contribution in [0.3, 0.4) is 0 Å². The quantitative estimate of drug-likeness (QED) is 0.0537. The molecule has 0 radical (unpaired) electrons. The maximum absolute atomic E-state index is 14.0. The zero-order valence-electron chi connectivity index (χ0n) is 31.9. The summed E-state index contributed by atoms with van der Waals surface area (Å²) in [7, 11) is 0. The van der Waals surface area contributed by atoms with Crippen LogP contribution in [0.4, 0.5) is 0 Å². The standard InChI is InChI=1S/C39H67N9O5/c1-2-3-4-5-6-7-8-22-35(49)45-32(20-12-15-24-41)37(51)47-33(21-13-16-25-42)38(52)48-34(26-28-27-44-30-18-10-9-17-29(28)30)39(53)46-31(36(43)50)19-11-14-23-40/h9-10,17-18,27,31-34,44H,2-8,11-16,19-26,40-42H2,1H3,(H2,43,50)(H,45,49)(H,46,53)(H,47,51)(H,48,52)/t31-,32-,33-,34-/m0/s1. The van der Waals surface area contributed by atoms with Crippen LogP contribution >= 0.6 is 0 Å². The number of hydrogen-bond donors (Lipinski definition) is 9. The number of rotatable bonds is 30. The summed E-state index contributed by atoms with van der Waals surface area (Å²) in [6, 6.07) is 3.69. The summed E-state index contributed by atoms with van der Waals surface area (Å²) < 4.78 is 0. The summed E-state index contributed by atoms with van der Waals surface area (Å²) >= 11 is 0. The number of nitrogens with one attached hydrogen (secondary N) is 5. The predicted molar refractivity (Wildman–Crippen MR) is 210 cm³/mol. The largest absolute Gasteiger partial charge is 0.368 e. The SMILES string of the molecule is CCCCCCCCCC(=O)N[C@@H](CCCCN)C(=O)N[C@@H](CCCCN)C(=O)N[C@@H](Cc1c[nH]c2ccccc12)C(=O)N[C@@H](CCCCN)C(N)=O. The second-order valence-corrected chi connectivity index (χ2v) is 14.0. The van der Waals surface area contributed by atoms with E-state index in [0.29, 0.717) is 77.4 Å². The van der Waals surface area contributed by atoms with Gasteiger partial charge in [0.05, 0.1) is 0 Å². The lowest BCUT2D eigenvalue weighted by molar-refractivity contribution is -0.134. The highest BCUT2D eigenvalue weighted by atomic mass is 16.2. The molecule has 0 unspecified atom stereocenters. The van der Waals surface area contributed by atoms with E-state index in [0.717, 1.165) is 42.1 Å². The number of aromatic nitrogens is 1. The molecule has 298 valence electrons. The van der Waals surface area contributed by atoms with Crippen LogP contribution in [-0.4, -0.2) is 78.3 Å². The molecule has 0 saturated carbocycles. The molecular formula is C39H67N9O5. The first kappa shape index (κ1) is 45.1. The van der Waals surface area contributed by atoms with Crippen molar-refractivity contribution in [2.45, 2.75) is 147 Å². The molecular weight excluding hydrogens is 674 g/mol. The molecule has 0 saturated heterocycles. The highest BCUT2D eigenvalue weighted by Gasteiger charge is 2.31. The first-order valence-electron chi connectivity index (χ1n) is 19.8. The van der Waals surface area contributed by atoms with Gasteiger partial charge < -0.3 is 49.2 Å². The van der Waals surface area contributed by atoms with Crippen molar-refractivity contribution in [2.24, 2.45) is 22.9 Å². The van der Waals surface area contributed by atoms with Crippen LogP contribution < -0.4 is 44.2 Å². The fraction of sp³-hybridized carbons (Fsp3) is 0.667. The fourth-order valence-corrected chi connectivity index (χ4v) is 6.36. The number of aromatic amines is 1. The lowest BCUT2D eigenvalue weighted by Crippen LogP contribution is -2.58. The molecule has 14 heteroatoms. The third-order valence-electron chi connectivity index (χ3n) is 9.52. The van der Waals surface area contributed by atoms with Crippen molar-refractivity contribution >= 4 is 40.4 Å². The molecule has 2 rings (SSSR count). The van der Waals surface area contributed by atoms with Crippen LogP contribution in [0.5, 0.6) is 0 Å². The van der Waals surface area contributed by atoms with Gasteiger partial charge in [-0.05, 0) is 95.5 Å². The average Bonchev–Trinajstić information content (AvgIpc) is 3.55. The van der Waals surface area contributed by atoms with Crippen molar-refractivity contribution in [3.05, 3.63) is 36.0 Å². The van der Waals surface area contributed by atoms with Gasteiger partial charge in [0.2, 0.25) is 29.5 Å². The number of unbranched alkanes of at least 4 members (excludes halogenated alkanes) is 9. The Balaban J connectivity index is 2.25. The van der Waals surface area contributed by atoms with E-state index in [1.54, 1.807) is 6.20 Å². The molecule has 13 N–H and O–H groups in total. The van der Waals surface area contributed by atoms with Crippen LogP contribution in [0.2, 0.25) is 0 Å². The zero-order valence-corrected chi connectivity index (χ0v) is 31.9. The number of para-hydroxylation sites is 1. The minimum atomic E-state index is -1.10. The van der Waals surface area contributed by atoms with Crippen molar-refractivity contribution in [1.29, 1.82) is 0 Å². The number of nitrogens with two attached hydrogens (primary N) is 4. The average molecular weight is 742 g/mol. The van der Waals surface area contributed by atoms with Gasteiger partial charge in [0, 0.05) is 29.9 Å². The Labute approximate surface area is 315 Å². The highest BCUT2D eigenvalue weighted by Crippen LogP contribution is 2.20. The monoisotopic (exact) mass is 742 g/mol. The van der Waals surface area contributed by atoms with Crippen LogP contribution in [-0.2, 0) is 30.4 Å². The van der Waals surface area contributed by atoms with E-state index < -0.39 is 47.8 Å². The normalized spacial score (nSPS) is 13.5. The van der Waals surface area contributed by atoms with Gasteiger partial charge in [0.25, 0.3) is 0 Å². The lowest BCUT2D eigenvalue weighted by atomic mass is 10.0. The minimum Gasteiger partial charge on any atom is -0.368 e. The molecule has 2 aromatic rings. The number of carbonyl (C=O) groups is 5. The van der Waals surface area contributed by atoms with Crippen LogP contribution in [0, 0.1) is 0 Å². The van der Waals surface area contributed by atoms with Gasteiger partial charge in [-0.1, -0.05) is 63.6 Å². The van der Waals surface area contributed by atoms with Crippen LogP contribution in [0.15, 0.2) is 30.5 Å². The van der Waals surface area contributed by atoms with E-state index in [9.17, 15) is 24.0 Å². The van der Waals surface area contributed by atoms with Crippen molar-refractivity contribution in [3.63, 3.8) is 0 Å². The third-order valence-corrected chi connectivity index (χ3v) is 9.52. The van der Waals surface area contributed by atoms with E-state index in [1.165, 1.54) is 19.3 Å². The van der Waals surface area contributed by atoms with Gasteiger partial charge in [-0.15, -0.1) is 0 Å². The van der Waals surface area contributed by atoms with Gasteiger partial charge >= 0.3 is 0 Å². The number of H-pyrrole nitrogens is 1. The van der Waals surface area contributed by atoms with Gasteiger partial charge in [0.1, 0.15) is 24.2 Å². The Morgan fingerprint density at radius 2 is 1.09 bits per heavy atom. The van der Waals surface area contributed by atoms with E-state index in [2.05, 4.69) is 33.2 Å². The molecule has 5 amide bonds. The molecule has 0 spiro atoms. The highest BCUT2D eigenvalue weighted by molar-refractivity contribution is 5.96. The Bertz CT molecular complexity index is 1380. The number of primary amides is 1. The van der Waals surface area contributed by atoms with E-state index in [1.807, 2.05) is 24.3 Å². The zero-order chi connectivity index (χ0) is 38.8. The molecule has 4 atom stereocenters. The molecule has 14 nitrogen and oxygen atoms in total. The molecule has 1 aromatic carbocycles. The fourth-order valence-electron chi connectivity index (χ4n) is 6.36. The summed E-state index contributed by atoms with van der Waals surface area (Å²) in [5.41, 5.74) is 24.4. The topological polar surface area (TPSA) is 253 Å². The van der Waals surface area contributed by atoms with Crippen molar-refractivity contribution in [2.75, 3.05) is 19.6 Å². The van der Waals surface area contributed by atoms with Gasteiger partial charge in [-0.25, -0.2) is 0 Å². The summed E-state index contributed by atoms with van der Waals surface area (Å²) in [6.45, 7) is 3.47. The molecule has 0 aliphatic carbocycles. The lowest BCUT2D eigenvalue weighted by Gasteiger charge is -2.26. The van der Waals surface area contributed by atoms with Crippen molar-refractivity contribution in [1.82, 2.24) is 26.3 Å². The Morgan fingerprint density at radius 1 is 0.604 bits per heavy atom. The van der Waals surface area contributed by atoms with E-state index >= 15 is 0 Å². The first-order chi connectivity index (χ1) is 25.6. The summed E-state index contributed by atoms with van der Waals surface area (Å²) in [4.78, 5) is 70.0. The summed E-state index contributed by atoms with van der Waals surface area (Å²) in [5, 5.41) is 12.2. The Hall–Kier alpha value is -4.01.